The van der Waals surface area contributed by atoms with Gasteiger partial charge in [-0.1, -0.05) is 25.7 Å². The van der Waals surface area contributed by atoms with Gasteiger partial charge in [-0.3, -0.25) is 0 Å². The third kappa shape index (κ3) is 3.67. The van der Waals surface area contributed by atoms with Crippen molar-refractivity contribution in [3.8, 4) is 0 Å². The van der Waals surface area contributed by atoms with E-state index in [4.69, 9.17) is 0 Å². The Morgan fingerprint density at radius 2 is 2.17 bits per heavy atom. The standard InChI is InChI=1S/C14H24N4/c1-15-11-13-16-9-7-14(17-13)18(2)10-8-12-5-3-4-6-12/h7,9,12,15H,3-6,8,10-11H2,1-2H3. The lowest BCUT2D eigenvalue weighted by Crippen LogP contribution is -2.22. The average Bonchev–Trinajstić information content (AvgIpc) is 2.90. The average molecular weight is 248 g/mol. The Kier molecular flexibility index (Phi) is 4.93. The Morgan fingerprint density at radius 1 is 1.39 bits per heavy atom. The molecule has 0 aromatic carbocycles. The van der Waals surface area contributed by atoms with Crippen LogP contribution in [0.3, 0.4) is 0 Å². The van der Waals surface area contributed by atoms with E-state index in [0.29, 0.717) is 0 Å². The molecule has 0 amide bonds. The van der Waals surface area contributed by atoms with Gasteiger partial charge < -0.3 is 10.2 Å². The second kappa shape index (κ2) is 6.69. The first kappa shape index (κ1) is 13.3. The second-order valence-electron chi connectivity index (χ2n) is 5.22. The zero-order chi connectivity index (χ0) is 12.8. The van der Waals surface area contributed by atoms with Gasteiger partial charge in [0.05, 0.1) is 6.54 Å². The van der Waals surface area contributed by atoms with Gasteiger partial charge in [-0.05, 0) is 25.5 Å². The Hall–Kier alpha value is -1.16. The van der Waals surface area contributed by atoms with Crippen LogP contribution in [0.4, 0.5) is 5.82 Å². The number of aromatic nitrogens is 2. The van der Waals surface area contributed by atoms with Crippen molar-refractivity contribution in [3.05, 3.63) is 18.1 Å². The first-order chi connectivity index (χ1) is 8.79. The van der Waals surface area contributed by atoms with E-state index in [2.05, 4.69) is 27.2 Å². The molecule has 1 aliphatic carbocycles. The summed E-state index contributed by atoms with van der Waals surface area (Å²) in [6.07, 6.45) is 8.83. The maximum absolute atomic E-state index is 4.56. The maximum atomic E-state index is 4.56. The largest absolute Gasteiger partial charge is 0.360 e. The van der Waals surface area contributed by atoms with Crippen molar-refractivity contribution in [1.82, 2.24) is 15.3 Å². The monoisotopic (exact) mass is 248 g/mol. The van der Waals surface area contributed by atoms with E-state index in [1.54, 1.807) is 0 Å². The fourth-order valence-electron chi connectivity index (χ4n) is 2.63. The molecule has 1 aromatic rings. The molecular formula is C14H24N4. The molecule has 1 N–H and O–H groups in total. The minimum atomic E-state index is 0.726. The number of nitrogens with zero attached hydrogens (tertiary/aromatic N) is 3. The fraction of sp³-hybridized carbons (Fsp3) is 0.714. The van der Waals surface area contributed by atoms with Crippen LogP contribution in [0.25, 0.3) is 0 Å². The highest BCUT2D eigenvalue weighted by Crippen LogP contribution is 2.27. The third-order valence-corrected chi connectivity index (χ3v) is 3.76. The number of hydrogen-bond acceptors (Lipinski definition) is 4. The summed E-state index contributed by atoms with van der Waals surface area (Å²) >= 11 is 0. The van der Waals surface area contributed by atoms with E-state index in [-0.39, 0.29) is 0 Å². The van der Waals surface area contributed by atoms with E-state index in [9.17, 15) is 0 Å². The summed E-state index contributed by atoms with van der Waals surface area (Å²) in [5, 5.41) is 3.08. The van der Waals surface area contributed by atoms with E-state index in [1.807, 2.05) is 19.3 Å². The van der Waals surface area contributed by atoms with Crippen LogP contribution in [0, 0.1) is 5.92 Å². The first-order valence-electron chi connectivity index (χ1n) is 6.97. The molecule has 4 nitrogen and oxygen atoms in total. The molecule has 0 spiro atoms. The van der Waals surface area contributed by atoms with Gasteiger partial charge in [0.2, 0.25) is 0 Å². The van der Waals surface area contributed by atoms with E-state index >= 15 is 0 Å². The SMILES string of the molecule is CNCc1nccc(N(C)CCC2CCCC2)n1. The predicted octanol–water partition coefficient (Wildman–Crippen LogP) is 2.21. The van der Waals surface area contributed by atoms with E-state index in [1.165, 1.54) is 32.1 Å². The fourth-order valence-corrected chi connectivity index (χ4v) is 2.63. The molecule has 1 heterocycles. The zero-order valence-electron chi connectivity index (χ0n) is 11.5. The molecule has 0 unspecified atom stereocenters. The molecule has 100 valence electrons. The van der Waals surface area contributed by atoms with Gasteiger partial charge in [-0.2, -0.15) is 0 Å². The van der Waals surface area contributed by atoms with Crippen LogP contribution >= 0.6 is 0 Å². The summed E-state index contributed by atoms with van der Waals surface area (Å²) in [5.41, 5.74) is 0. The Balaban J connectivity index is 1.86. The van der Waals surface area contributed by atoms with Crippen molar-refractivity contribution in [3.63, 3.8) is 0 Å². The normalized spacial score (nSPS) is 16.1. The lowest BCUT2D eigenvalue weighted by molar-refractivity contribution is 0.504. The Morgan fingerprint density at radius 3 is 2.89 bits per heavy atom. The molecule has 0 aliphatic heterocycles. The highest BCUT2D eigenvalue weighted by molar-refractivity contribution is 5.36. The van der Waals surface area contributed by atoms with Gasteiger partial charge >= 0.3 is 0 Å². The first-order valence-corrected chi connectivity index (χ1v) is 6.97. The Labute approximate surface area is 110 Å². The molecule has 1 fully saturated rings. The topological polar surface area (TPSA) is 41.1 Å². The van der Waals surface area contributed by atoms with Crippen LogP contribution in [-0.2, 0) is 6.54 Å². The van der Waals surface area contributed by atoms with Crippen molar-refractivity contribution in [2.24, 2.45) is 5.92 Å². The number of rotatable bonds is 6. The number of hydrogen-bond donors (Lipinski definition) is 1. The summed E-state index contributed by atoms with van der Waals surface area (Å²) < 4.78 is 0. The number of nitrogens with one attached hydrogen (secondary N) is 1. The van der Waals surface area contributed by atoms with Crippen molar-refractivity contribution in [2.75, 3.05) is 25.5 Å². The predicted molar refractivity (Wildman–Crippen MR) is 74.6 cm³/mol. The van der Waals surface area contributed by atoms with Crippen molar-refractivity contribution in [1.29, 1.82) is 0 Å². The van der Waals surface area contributed by atoms with E-state index in [0.717, 1.165) is 30.6 Å². The molecule has 0 radical (unpaired) electrons. The zero-order valence-corrected chi connectivity index (χ0v) is 11.5. The smallest absolute Gasteiger partial charge is 0.144 e. The maximum Gasteiger partial charge on any atom is 0.144 e. The van der Waals surface area contributed by atoms with Gasteiger partial charge in [0, 0.05) is 19.8 Å². The summed E-state index contributed by atoms with van der Waals surface area (Å²) in [4.78, 5) is 11.1. The van der Waals surface area contributed by atoms with Gasteiger partial charge in [0.1, 0.15) is 11.6 Å². The summed E-state index contributed by atoms with van der Waals surface area (Å²) in [6.45, 7) is 1.82. The van der Waals surface area contributed by atoms with E-state index < -0.39 is 0 Å². The van der Waals surface area contributed by atoms with Crippen molar-refractivity contribution >= 4 is 5.82 Å². The number of anilines is 1. The second-order valence-corrected chi connectivity index (χ2v) is 5.22. The third-order valence-electron chi connectivity index (χ3n) is 3.76. The van der Waals surface area contributed by atoms with Crippen LogP contribution in [0.5, 0.6) is 0 Å². The van der Waals surface area contributed by atoms with Crippen LogP contribution in [0.15, 0.2) is 12.3 Å². The van der Waals surface area contributed by atoms with Crippen molar-refractivity contribution < 1.29 is 0 Å². The highest BCUT2D eigenvalue weighted by Gasteiger charge is 2.15. The van der Waals surface area contributed by atoms with Crippen LogP contribution in [-0.4, -0.2) is 30.6 Å². The molecule has 2 rings (SSSR count). The lowest BCUT2D eigenvalue weighted by Gasteiger charge is -2.20. The molecular weight excluding hydrogens is 224 g/mol. The summed E-state index contributed by atoms with van der Waals surface area (Å²) in [6, 6.07) is 1.99. The molecule has 0 atom stereocenters. The molecule has 1 saturated carbocycles. The highest BCUT2D eigenvalue weighted by atomic mass is 15.2. The molecule has 4 heteroatoms. The molecule has 0 saturated heterocycles. The van der Waals surface area contributed by atoms with Gasteiger partial charge in [0.25, 0.3) is 0 Å². The van der Waals surface area contributed by atoms with Gasteiger partial charge in [-0.15, -0.1) is 0 Å². The minimum Gasteiger partial charge on any atom is -0.360 e. The molecule has 0 bridgehead atoms. The molecule has 1 aliphatic rings. The van der Waals surface area contributed by atoms with Gasteiger partial charge in [0.15, 0.2) is 0 Å². The minimum absolute atomic E-state index is 0.726. The molecule has 1 aromatic heterocycles. The molecule has 18 heavy (non-hydrogen) atoms. The van der Waals surface area contributed by atoms with Gasteiger partial charge in [-0.25, -0.2) is 9.97 Å². The van der Waals surface area contributed by atoms with Crippen LogP contribution < -0.4 is 10.2 Å². The quantitative estimate of drug-likeness (QED) is 0.838. The van der Waals surface area contributed by atoms with Crippen molar-refractivity contribution in [2.45, 2.75) is 38.6 Å². The lowest BCUT2D eigenvalue weighted by atomic mass is 10.0. The summed E-state index contributed by atoms with van der Waals surface area (Å²) in [7, 11) is 4.04. The van der Waals surface area contributed by atoms with Crippen LogP contribution in [0.1, 0.15) is 37.9 Å². The Bertz CT molecular complexity index is 361. The summed E-state index contributed by atoms with van der Waals surface area (Å²) in [5.74, 6) is 2.84. The van der Waals surface area contributed by atoms with Crippen LogP contribution in [0.2, 0.25) is 0 Å².